The molecule has 14 heavy (non-hydrogen) atoms. The predicted molar refractivity (Wildman–Crippen MR) is 57.5 cm³/mol. The zero-order valence-corrected chi connectivity index (χ0v) is 7.94. The minimum absolute atomic E-state index is 0.221. The largest absolute Gasteiger partial charge is 0.369 e. The van der Waals surface area contributed by atoms with Crippen molar-refractivity contribution in [2.75, 3.05) is 13.1 Å². The zero-order valence-electron chi connectivity index (χ0n) is 7.94. The number of benzene rings is 1. The molecule has 3 N–H and O–H groups in total. The van der Waals surface area contributed by atoms with Gasteiger partial charge in [-0.2, -0.15) is 0 Å². The molecule has 0 radical (unpaired) electrons. The maximum atomic E-state index is 10.4. The molecule has 0 atom stereocenters. The number of hydrogen-bond acceptors (Lipinski definition) is 2. The van der Waals surface area contributed by atoms with Crippen molar-refractivity contribution in [2.24, 2.45) is 5.73 Å². The number of nitrogens with one attached hydrogen (secondary N) is 1. The summed E-state index contributed by atoms with van der Waals surface area (Å²) < 4.78 is 0. The number of hydrogen-bond donors (Lipinski definition) is 2. The number of primary amides is 1. The zero-order chi connectivity index (χ0) is 10.2. The molecule has 1 rings (SSSR count). The Morgan fingerprint density at radius 3 is 2.71 bits per heavy atom. The maximum Gasteiger partial charge on any atom is 0.231 e. The molecule has 0 aliphatic heterocycles. The molecule has 0 bridgehead atoms. The van der Waals surface area contributed by atoms with Crippen LogP contribution in [-0.2, 0) is 4.79 Å². The van der Waals surface area contributed by atoms with Crippen molar-refractivity contribution >= 4 is 12.0 Å². The van der Waals surface area contributed by atoms with E-state index in [1.807, 2.05) is 42.5 Å². The molecule has 0 saturated carbocycles. The van der Waals surface area contributed by atoms with Gasteiger partial charge in [-0.25, -0.2) is 0 Å². The number of carbonyl (C=O) groups excluding carboxylic acids is 1. The topological polar surface area (TPSA) is 55.1 Å². The average molecular weight is 190 g/mol. The highest BCUT2D eigenvalue weighted by Crippen LogP contribution is 1.99. The minimum atomic E-state index is -0.335. The first kappa shape index (κ1) is 10.5. The van der Waals surface area contributed by atoms with Crippen molar-refractivity contribution in [3.05, 3.63) is 42.0 Å². The van der Waals surface area contributed by atoms with E-state index in [1.165, 1.54) is 0 Å². The van der Waals surface area contributed by atoms with Gasteiger partial charge in [-0.05, 0) is 5.56 Å². The summed E-state index contributed by atoms with van der Waals surface area (Å²) in [4.78, 5) is 10.4. The summed E-state index contributed by atoms with van der Waals surface area (Å²) in [6.07, 6.45) is 3.95. The minimum Gasteiger partial charge on any atom is -0.369 e. The summed E-state index contributed by atoms with van der Waals surface area (Å²) in [7, 11) is 0. The van der Waals surface area contributed by atoms with Gasteiger partial charge in [0.25, 0.3) is 0 Å². The molecule has 0 saturated heterocycles. The van der Waals surface area contributed by atoms with Crippen molar-refractivity contribution in [1.82, 2.24) is 5.32 Å². The Bertz CT molecular complexity index is 306. The fourth-order valence-corrected chi connectivity index (χ4v) is 1.04. The molecule has 1 aromatic carbocycles. The lowest BCUT2D eigenvalue weighted by atomic mass is 10.2. The number of carbonyl (C=O) groups is 1. The van der Waals surface area contributed by atoms with E-state index in [4.69, 9.17) is 5.73 Å². The molecule has 0 fully saturated rings. The second-order valence-corrected chi connectivity index (χ2v) is 2.91. The van der Waals surface area contributed by atoms with Gasteiger partial charge in [0, 0.05) is 6.54 Å². The summed E-state index contributed by atoms with van der Waals surface area (Å²) in [6, 6.07) is 9.98. The molecule has 0 spiro atoms. The van der Waals surface area contributed by atoms with Crippen LogP contribution in [0.15, 0.2) is 36.4 Å². The van der Waals surface area contributed by atoms with Crippen LogP contribution >= 0.6 is 0 Å². The molecule has 0 aromatic heterocycles. The van der Waals surface area contributed by atoms with Crippen LogP contribution < -0.4 is 11.1 Å². The Kier molecular flexibility index (Phi) is 4.44. The van der Waals surface area contributed by atoms with E-state index in [-0.39, 0.29) is 12.5 Å². The third kappa shape index (κ3) is 4.42. The molecule has 0 heterocycles. The highest BCUT2D eigenvalue weighted by molar-refractivity contribution is 5.75. The van der Waals surface area contributed by atoms with E-state index in [9.17, 15) is 4.79 Å². The lowest BCUT2D eigenvalue weighted by molar-refractivity contribution is -0.117. The summed E-state index contributed by atoms with van der Waals surface area (Å²) in [5.41, 5.74) is 6.11. The van der Waals surface area contributed by atoms with Crippen LogP contribution in [0.3, 0.4) is 0 Å². The quantitative estimate of drug-likeness (QED) is 0.674. The number of nitrogens with two attached hydrogens (primary N) is 1. The van der Waals surface area contributed by atoms with Crippen LogP contribution in [0.1, 0.15) is 5.56 Å². The monoisotopic (exact) mass is 190 g/mol. The van der Waals surface area contributed by atoms with Crippen molar-refractivity contribution < 1.29 is 4.79 Å². The first-order valence-electron chi connectivity index (χ1n) is 4.49. The third-order valence-electron chi connectivity index (χ3n) is 1.67. The van der Waals surface area contributed by atoms with Crippen molar-refractivity contribution in [1.29, 1.82) is 0 Å². The van der Waals surface area contributed by atoms with Crippen molar-refractivity contribution in [2.45, 2.75) is 0 Å². The van der Waals surface area contributed by atoms with E-state index < -0.39 is 0 Å². The first-order chi connectivity index (χ1) is 6.79. The van der Waals surface area contributed by atoms with Gasteiger partial charge in [0.1, 0.15) is 0 Å². The Labute approximate surface area is 83.6 Å². The fourth-order valence-electron chi connectivity index (χ4n) is 1.04. The first-order valence-corrected chi connectivity index (χ1v) is 4.49. The molecule has 1 aromatic rings. The predicted octanol–water partition coefficient (Wildman–Crippen LogP) is 0.775. The van der Waals surface area contributed by atoms with Crippen LogP contribution in [0.5, 0.6) is 0 Å². The van der Waals surface area contributed by atoms with Gasteiger partial charge in [0.05, 0.1) is 6.54 Å². The lowest BCUT2D eigenvalue weighted by Gasteiger charge is -1.95. The van der Waals surface area contributed by atoms with E-state index in [1.54, 1.807) is 0 Å². The van der Waals surface area contributed by atoms with E-state index in [0.717, 1.165) is 5.56 Å². The van der Waals surface area contributed by atoms with Gasteiger partial charge >= 0.3 is 0 Å². The Balaban J connectivity index is 2.25. The number of amides is 1. The summed E-state index contributed by atoms with van der Waals surface area (Å²) in [6.45, 7) is 0.872. The van der Waals surface area contributed by atoms with Gasteiger partial charge in [-0.3, -0.25) is 4.79 Å². The molecular weight excluding hydrogens is 176 g/mol. The van der Waals surface area contributed by atoms with Crippen molar-refractivity contribution in [3.63, 3.8) is 0 Å². The van der Waals surface area contributed by atoms with Crippen LogP contribution in [-0.4, -0.2) is 19.0 Å². The van der Waals surface area contributed by atoms with Crippen LogP contribution in [0.2, 0.25) is 0 Å². The Morgan fingerprint density at radius 1 is 1.36 bits per heavy atom. The molecule has 1 amide bonds. The maximum absolute atomic E-state index is 10.4. The molecule has 3 nitrogen and oxygen atoms in total. The second-order valence-electron chi connectivity index (χ2n) is 2.91. The van der Waals surface area contributed by atoms with Gasteiger partial charge in [-0.1, -0.05) is 42.5 Å². The van der Waals surface area contributed by atoms with Crippen molar-refractivity contribution in [3.8, 4) is 0 Å². The SMILES string of the molecule is NC(=O)CNCC=Cc1ccccc1. The highest BCUT2D eigenvalue weighted by Gasteiger charge is 1.88. The molecule has 0 aliphatic carbocycles. The van der Waals surface area contributed by atoms with E-state index >= 15 is 0 Å². The molecule has 74 valence electrons. The standard InChI is InChI=1S/C11H14N2O/c12-11(14)9-13-8-4-7-10-5-2-1-3-6-10/h1-7,13H,8-9H2,(H2,12,14). The van der Waals surface area contributed by atoms with Gasteiger partial charge < -0.3 is 11.1 Å². The molecular formula is C11H14N2O. The number of rotatable bonds is 5. The highest BCUT2D eigenvalue weighted by atomic mass is 16.1. The van der Waals surface area contributed by atoms with Crippen LogP contribution in [0.25, 0.3) is 6.08 Å². The van der Waals surface area contributed by atoms with Gasteiger partial charge in [0.15, 0.2) is 0 Å². The lowest BCUT2D eigenvalue weighted by Crippen LogP contribution is -2.28. The van der Waals surface area contributed by atoms with Crippen LogP contribution in [0.4, 0.5) is 0 Å². The Morgan fingerprint density at radius 2 is 2.07 bits per heavy atom. The summed E-state index contributed by atoms with van der Waals surface area (Å²) in [5, 5.41) is 2.89. The molecule has 0 aliphatic rings. The van der Waals surface area contributed by atoms with E-state index in [2.05, 4.69) is 5.32 Å². The summed E-state index contributed by atoms with van der Waals surface area (Å²) >= 11 is 0. The van der Waals surface area contributed by atoms with Gasteiger partial charge in [-0.15, -0.1) is 0 Å². The molecule has 3 heteroatoms. The Hall–Kier alpha value is -1.61. The fraction of sp³-hybridized carbons (Fsp3) is 0.182. The smallest absolute Gasteiger partial charge is 0.231 e. The normalized spacial score (nSPS) is 10.6. The average Bonchev–Trinajstić information content (AvgIpc) is 2.18. The molecule has 0 unspecified atom stereocenters. The second kappa shape index (κ2) is 5.94. The third-order valence-corrected chi connectivity index (χ3v) is 1.67. The van der Waals surface area contributed by atoms with Gasteiger partial charge in [0.2, 0.25) is 5.91 Å². The summed E-state index contributed by atoms with van der Waals surface area (Å²) in [5.74, 6) is -0.335. The van der Waals surface area contributed by atoms with E-state index in [0.29, 0.717) is 6.54 Å². The van der Waals surface area contributed by atoms with Crippen LogP contribution in [0, 0.1) is 0 Å².